The molecule has 25 heavy (non-hydrogen) atoms. The van der Waals surface area contributed by atoms with Crippen molar-refractivity contribution >= 4 is 11.5 Å². The number of hydrogen-bond donors (Lipinski definition) is 1. The number of rotatable bonds is 4. The van der Waals surface area contributed by atoms with Crippen LogP contribution in [0.4, 0.5) is 5.82 Å². The molecule has 2 aromatic heterocycles. The normalized spacial score (nSPS) is 20.6. The monoisotopic (exact) mass is 331 g/mol. The van der Waals surface area contributed by atoms with Crippen LogP contribution in [0.1, 0.15) is 18.2 Å². The van der Waals surface area contributed by atoms with Crippen LogP contribution in [0.2, 0.25) is 0 Å². The third-order valence-electron chi connectivity index (χ3n) is 4.89. The lowest BCUT2D eigenvalue weighted by molar-refractivity contribution is 0.319. The molecule has 2 atom stereocenters. The van der Waals surface area contributed by atoms with Gasteiger partial charge in [0.25, 0.3) is 0 Å². The molecule has 1 aliphatic heterocycles. The van der Waals surface area contributed by atoms with Crippen LogP contribution in [0.5, 0.6) is 0 Å². The zero-order valence-electron chi connectivity index (χ0n) is 14.3. The molecule has 1 fully saturated rings. The highest BCUT2D eigenvalue weighted by Crippen LogP contribution is 2.24. The molecular weight excluding hydrogens is 310 g/mol. The lowest BCUT2D eigenvalue weighted by Gasteiger charge is -2.17. The topological polar surface area (TPSA) is 56.4 Å². The fourth-order valence-corrected chi connectivity index (χ4v) is 3.60. The summed E-state index contributed by atoms with van der Waals surface area (Å²) in [6.07, 6.45) is 1.88. The van der Waals surface area contributed by atoms with E-state index in [-0.39, 0.29) is 0 Å². The molecule has 0 amide bonds. The average Bonchev–Trinajstić information content (AvgIpc) is 3.15. The summed E-state index contributed by atoms with van der Waals surface area (Å²) in [7, 11) is 0. The van der Waals surface area contributed by atoms with E-state index in [4.69, 9.17) is 0 Å². The number of aromatic nitrogens is 2. The number of nitrogens with zero attached hydrogens (tertiary/aromatic N) is 4. The van der Waals surface area contributed by atoms with E-state index in [1.54, 1.807) is 0 Å². The number of likely N-dealkylation sites (tertiary alicyclic amines) is 1. The van der Waals surface area contributed by atoms with Crippen molar-refractivity contribution in [3.63, 3.8) is 0 Å². The first kappa shape index (κ1) is 15.7. The van der Waals surface area contributed by atoms with E-state index in [9.17, 15) is 5.26 Å². The summed E-state index contributed by atoms with van der Waals surface area (Å²) in [4.78, 5) is 7.06. The van der Waals surface area contributed by atoms with Gasteiger partial charge in [0.05, 0.1) is 0 Å². The molecular formula is C20H21N5. The largest absolute Gasteiger partial charge is 0.363 e. The Kier molecular flexibility index (Phi) is 4.12. The smallest absolute Gasteiger partial charge is 0.168 e. The molecule has 1 N–H and O–H groups in total. The highest BCUT2D eigenvalue weighted by atomic mass is 15.2. The highest BCUT2D eigenvalue weighted by molar-refractivity contribution is 5.59. The Hall–Kier alpha value is -2.84. The summed E-state index contributed by atoms with van der Waals surface area (Å²) in [6.45, 7) is 5.21. The zero-order valence-corrected chi connectivity index (χ0v) is 14.3. The number of nitriles is 1. The molecule has 1 aliphatic rings. The third-order valence-corrected chi connectivity index (χ3v) is 4.89. The molecule has 2 unspecified atom stereocenters. The van der Waals surface area contributed by atoms with Crippen LogP contribution < -0.4 is 5.32 Å². The zero-order chi connectivity index (χ0) is 17.2. The van der Waals surface area contributed by atoms with Gasteiger partial charge in [-0.1, -0.05) is 43.3 Å². The van der Waals surface area contributed by atoms with Gasteiger partial charge in [-0.05, 0) is 23.6 Å². The maximum Gasteiger partial charge on any atom is 0.168 e. The Bertz CT molecular complexity index is 909. The molecule has 0 spiro atoms. The molecule has 0 saturated carbocycles. The summed E-state index contributed by atoms with van der Waals surface area (Å²) in [6, 6.07) is 18.9. The molecule has 4 rings (SSSR count). The second kappa shape index (κ2) is 6.58. The SMILES string of the molecule is CC1CN(Cc2ccccc2)CC1Nc1nc2ccccn2c1C#N. The Morgan fingerprint density at radius 1 is 1.16 bits per heavy atom. The van der Waals surface area contributed by atoms with E-state index in [2.05, 4.69) is 52.5 Å². The molecule has 3 aromatic rings. The van der Waals surface area contributed by atoms with Gasteiger partial charge in [0.2, 0.25) is 0 Å². The molecule has 0 bridgehead atoms. The number of fused-ring (bicyclic) bond motifs is 1. The number of benzene rings is 1. The van der Waals surface area contributed by atoms with Gasteiger partial charge < -0.3 is 5.32 Å². The first-order chi connectivity index (χ1) is 12.2. The van der Waals surface area contributed by atoms with Crippen molar-refractivity contribution in [2.75, 3.05) is 18.4 Å². The van der Waals surface area contributed by atoms with Gasteiger partial charge in [-0.2, -0.15) is 5.26 Å². The van der Waals surface area contributed by atoms with Crippen LogP contribution in [0.25, 0.3) is 5.65 Å². The van der Waals surface area contributed by atoms with E-state index < -0.39 is 0 Å². The number of hydrogen-bond acceptors (Lipinski definition) is 4. The minimum absolute atomic E-state index is 0.292. The van der Waals surface area contributed by atoms with Crippen molar-refractivity contribution in [3.8, 4) is 6.07 Å². The Labute approximate surface area is 147 Å². The maximum atomic E-state index is 9.53. The van der Waals surface area contributed by atoms with Gasteiger partial charge in [-0.25, -0.2) is 4.98 Å². The van der Waals surface area contributed by atoms with E-state index in [0.29, 0.717) is 23.5 Å². The number of anilines is 1. The molecule has 126 valence electrons. The number of nitrogens with one attached hydrogen (secondary N) is 1. The van der Waals surface area contributed by atoms with Crippen LogP contribution in [-0.2, 0) is 6.54 Å². The summed E-state index contributed by atoms with van der Waals surface area (Å²) in [5, 5.41) is 13.0. The van der Waals surface area contributed by atoms with Crippen LogP contribution in [-0.4, -0.2) is 33.4 Å². The van der Waals surface area contributed by atoms with Crippen molar-refractivity contribution in [2.24, 2.45) is 5.92 Å². The van der Waals surface area contributed by atoms with Crippen LogP contribution in [0.15, 0.2) is 54.7 Å². The van der Waals surface area contributed by atoms with E-state index in [1.165, 1.54) is 5.56 Å². The lowest BCUT2D eigenvalue weighted by atomic mass is 10.1. The minimum atomic E-state index is 0.292. The average molecular weight is 331 g/mol. The van der Waals surface area contributed by atoms with Crippen molar-refractivity contribution in [3.05, 3.63) is 66.0 Å². The molecule has 0 radical (unpaired) electrons. The lowest BCUT2D eigenvalue weighted by Crippen LogP contribution is -2.28. The van der Waals surface area contributed by atoms with Crippen LogP contribution >= 0.6 is 0 Å². The quantitative estimate of drug-likeness (QED) is 0.798. The standard InChI is InChI=1S/C20H21N5/c1-15-12-24(13-16-7-3-2-4-8-16)14-17(15)22-20-18(11-21)25-10-6-5-9-19(25)23-20/h2-10,15,17,22H,12-14H2,1H3. The summed E-state index contributed by atoms with van der Waals surface area (Å²) >= 11 is 0. The predicted molar refractivity (Wildman–Crippen MR) is 98.2 cm³/mol. The fourth-order valence-electron chi connectivity index (χ4n) is 3.60. The van der Waals surface area contributed by atoms with Gasteiger partial charge in [-0.3, -0.25) is 9.30 Å². The Morgan fingerprint density at radius 3 is 2.76 bits per heavy atom. The Morgan fingerprint density at radius 2 is 1.96 bits per heavy atom. The van der Waals surface area contributed by atoms with Gasteiger partial charge in [0, 0.05) is 31.9 Å². The molecule has 0 aliphatic carbocycles. The highest BCUT2D eigenvalue weighted by Gasteiger charge is 2.30. The summed E-state index contributed by atoms with van der Waals surface area (Å²) < 4.78 is 1.84. The van der Waals surface area contributed by atoms with E-state index in [1.807, 2.05) is 34.9 Å². The second-order valence-corrected chi connectivity index (χ2v) is 6.76. The molecule has 1 aromatic carbocycles. The molecule has 1 saturated heterocycles. The fraction of sp³-hybridized carbons (Fsp3) is 0.300. The van der Waals surface area contributed by atoms with E-state index >= 15 is 0 Å². The van der Waals surface area contributed by atoms with Crippen molar-refractivity contribution in [1.29, 1.82) is 5.26 Å². The van der Waals surface area contributed by atoms with Gasteiger partial charge >= 0.3 is 0 Å². The minimum Gasteiger partial charge on any atom is -0.363 e. The van der Waals surface area contributed by atoms with Gasteiger partial charge in [0.1, 0.15) is 11.7 Å². The molecule has 5 nitrogen and oxygen atoms in total. The second-order valence-electron chi connectivity index (χ2n) is 6.76. The van der Waals surface area contributed by atoms with Crippen molar-refractivity contribution in [1.82, 2.24) is 14.3 Å². The first-order valence-electron chi connectivity index (χ1n) is 8.64. The maximum absolute atomic E-state index is 9.53. The summed E-state index contributed by atoms with van der Waals surface area (Å²) in [5.74, 6) is 1.19. The van der Waals surface area contributed by atoms with Crippen molar-refractivity contribution < 1.29 is 0 Å². The molecule has 3 heterocycles. The van der Waals surface area contributed by atoms with Crippen LogP contribution in [0.3, 0.4) is 0 Å². The molecule has 5 heteroatoms. The van der Waals surface area contributed by atoms with Gasteiger partial charge in [-0.15, -0.1) is 0 Å². The Balaban J connectivity index is 1.51. The summed E-state index contributed by atoms with van der Waals surface area (Å²) in [5.41, 5.74) is 2.71. The van der Waals surface area contributed by atoms with Gasteiger partial charge in [0.15, 0.2) is 11.5 Å². The number of imidazole rings is 1. The number of pyridine rings is 1. The van der Waals surface area contributed by atoms with Crippen molar-refractivity contribution in [2.45, 2.75) is 19.5 Å². The first-order valence-corrected chi connectivity index (χ1v) is 8.64. The predicted octanol–water partition coefficient (Wildman–Crippen LogP) is 3.14. The van der Waals surface area contributed by atoms with Crippen LogP contribution in [0, 0.1) is 17.2 Å². The van der Waals surface area contributed by atoms with E-state index in [0.717, 1.165) is 25.3 Å². The third kappa shape index (κ3) is 3.09.